The molecule has 138 valence electrons. The lowest BCUT2D eigenvalue weighted by atomic mass is 10.1. The van der Waals surface area contributed by atoms with Crippen LogP contribution in [0.25, 0.3) is 0 Å². The van der Waals surface area contributed by atoms with Crippen molar-refractivity contribution in [3.8, 4) is 0 Å². The number of amides is 2. The van der Waals surface area contributed by atoms with Gasteiger partial charge in [-0.15, -0.1) is 0 Å². The van der Waals surface area contributed by atoms with Crippen LogP contribution in [0, 0.1) is 0 Å². The number of piperazine rings is 1. The van der Waals surface area contributed by atoms with Crippen LogP contribution in [0.4, 0.5) is 5.82 Å². The second-order valence-electron chi connectivity index (χ2n) is 6.36. The molecule has 2 aliphatic rings. The van der Waals surface area contributed by atoms with E-state index in [0.717, 1.165) is 18.9 Å². The Morgan fingerprint density at radius 2 is 1.56 bits per heavy atom. The number of rotatable bonds is 4. The molecule has 0 radical (unpaired) electrons. The number of nitrogens with zero attached hydrogens (tertiary/aromatic N) is 4. The maximum atomic E-state index is 12.2. The van der Waals surface area contributed by atoms with Crippen molar-refractivity contribution in [2.45, 2.75) is 0 Å². The minimum absolute atomic E-state index is 0.0173. The van der Waals surface area contributed by atoms with Gasteiger partial charge in [0.25, 0.3) is 11.8 Å². The second-order valence-corrected chi connectivity index (χ2v) is 6.36. The number of benzene rings is 1. The van der Waals surface area contributed by atoms with Gasteiger partial charge in [0.1, 0.15) is 5.82 Å². The summed E-state index contributed by atoms with van der Waals surface area (Å²) in [6.07, 6.45) is 1.75. The molecule has 0 unspecified atom stereocenters. The van der Waals surface area contributed by atoms with E-state index < -0.39 is 17.8 Å². The van der Waals surface area contributed by atoms with E-state index >= 15 is 0 Å². The van der Waals surface area contributed by atoms with Gasteiger partial charge in [-0.3, -0.25) is 14.5 Å². The first kappa shape index (κ1) is 17.2. The van der Waals surface area contributed by atoms with Crippen molar-refractivity contribution >= 4 is 23.6 Å². The van der Waals surface area contributed by atoms with Crippen LogP contribution in [-0.4, -0.2) is 65.5 Å². The third-order valence-corrected chi connectivity index (χ3v) is 4.65. The first-order valence-corrected chi connectivity index (χ1v) is 8.70. The van der Waals surface area contributed by atoms with Gasteiger partial charge in [0, 0.05) is 32.4 Å². The van der Waals surface area contributed by atoms with Crippen molar-refractivity contribution < 1.29 is 19.2 Å². The molecule has 2 amide bonds. The van der Waals surface area contributed by atoms with E-state index in [1.807, 2.05) is 23.1 Å². The van der Waals surface area contributed by atoms with Crippen LogP contribution >= 0.6 is 0 Å². The molecule has 2 aliphatic heterocycles. The first-order chi connectivity index (χ1) is 13.1. The molecule has 0 N–H and O–H groups in total. The number of carbonyl (C=O) groups is 3. The zero-order valence-corrected chi connectivity index (χ0v) is 14.6. The summed E-state index contributed by atoms with van der Waals surface area (Å²) in [6.45, 7) is 2.81. The van der Waals surface area contributed by atoms with Gasteiger partial charge in [0.15, 0.2) is 0 Å². The van der Waals surface area contributed by atoms with E-state index in [9.17, 15) is 14.4 Å². The fourth-order valence-electron chi connectivity index (χ4n) is 3.24. The van der Waals surface area contributed by atoms with Crippen molar-refractivity contribution in [1.29, 1.82) is 0 Å². The highest BCUT2D eigenvalue weighted by Crippen LogP contribution is 2.22. The smallest absolute Gasteiger partial charge is 0.347 e. The van der Waals surface area contributed by atoms with Crippen LogP contribution in [0.5, 0.6) is 0 Å². The van der Waals surface area contributed by atoms with E-state index in [4.69, 9.17) is 4.84 Å². The number of imide groups is 1. The van der Waals surface area contributed by atoms with Gasteiger partial charge in [0.05, 0.1) is 17.7 Å². The number of aromatic nitrogens is 1. The molecular weight excluding hydrogens is 348 g/mol. The molecule has 4 rings (SSSR count). The van der Waals surface area contributed by atoms with Crippen LogP contribution in [0.15, 0.2) is 48.7 Å². The van der Waals surface area contributed by atoms with Crippen molar-refractivity contribution in [1.82, 2.24) is 14.9 Å². The zero-order chi connectivity index (χ0) is 18.8. The predicted octanol–water partition coefficient (Wildman–Crippen LogP) is 0.958. The molecule has 0 saturated carbocycles. The van der Waals surface area contributed by atoms with Crippen LogP contribution in [0.2, 0.25) is 0 Å². The van der Waals surface area contributed by atoms with Crippen molar-refractivity contribution in [2.24, 2.45) is 0 Å². The number of pyridine rings is 1. The number of hydrogen-bond acceptors (Lipinski definition) is 7. The Kier molecular flexibility index (Phi) is 4.55. The van der Waals surface area contributed by atoms with Gasteiger partial charge in [0.2, 0.25) is 0 Å². The molecular formula is C19H18N4O4. The van der Waals surface area contributed by atoms with E-state index in [-0.39, 0.29) is 17.7 Å². The standard InChI is InChI=1S/C19H18N4O4/c24-17(27-23-18(25)14-5-1-2-6-15(14)19(23)26)13-21-9-11-22(12-10-21)16-7-3-4-8-20-16/h1-8H,9-13H2. The summed E-state index contributed by atoms with van der Waals surface area (Å²) in [5, 5.41) is 0.553. The lowest BCUT2D eigenvalue weighted by molar-refractivity contribution is -0.169. The van der Waals surface area contributed by atoms with Gasteiger partial charge in [-0.05, 0) is 24.3 Å². The molecule has 0 atom stereocenters. The monoisotopic (exact) mass is 366 g/mol. The first-order valence-electron chi connectivity index (χ1n) is 8.70. The third kappa shape index (κ3) is 3.39. The second kappa shape index (κ2) is 7.16. The van der Waals surface area contributed by atoms with Crippen LogP contribution in [0.1, 0.15) is 20.7 Å². The number of anilines is 1. The van der Waals surface area contributed by atoms with Gasteiger partial charge in [-0.1, -0.05) is 23.3 Å². The minimum atomic E-state index is -0.629. The van der Waals surface area contributed by atoms with Crippen LogP contribution < -0.4 is 4.90 Å². The van der Waals surface area contributed by atoms with Crippen LogP contribution in [-0.2, 0) is 9.63 Å². The number of hydroxylamine groups is 2. The van der Waals surface area contributed by atoms with Crippen molar-refractivity contribution in [2.75, 3.05) is 37.6 Å². The molecule has 1 aromatic heterocycles. The molecule has 1 fully saturated rings. The molecule has 1 aromatic carbocycles. The summed E-state index contributed by atoms with van der Waals surface area (Å²) in [6, 6.07) is 12.2. The Labute approximate surface area is 155 Å². The molecule has 3 heterocycles. The summed E-state index contributed by atoms with van der Waals surface area (Å²) < 4.78 is 0. The molecule has 0 spiro atoms. The summed E-state index contributed by atoms with van der Waals surface area (Å²) in [7, 11) is 0. The third-order valence-electron chi connectivity index (χ3n) is 4.65. The van der Waals surface area contributed by atoms with Gasteiger partial charge in [-0.25, -0.2) is 9.78 Å². The highest BCUT2D eigenvalue weighted by Gasteiger charge is 2.38. The quantitative estimate of drug-likeness (QED) is 0.745. The average molecular weight is 366 g/mol. The molecule has 8 nitrogen and oxygen atoms in total. The molecule has 0 bridgehead atoms. The number of carbonyl (C=O) groups excluding carboxylic acids is 3. The van der Waals surface area contributed by atoms with Crippen LogP contribution in [0.3, 0.4) is 0 Å². The molecule has 8 heteroatoms. The molecule has 0 aliphatic carbocycles. The highest BCUT2D eigenvalue weighted by molar-refractivity contribution is 6.20. The Balaban J connectivity index is 1.31. The largest absolute Gasteiger partial charge is 0.354 e. The summed E-state index contributed by atoms with van der Waals surface area (Å²) in [5.74, 6) is -0.936. The summed E-state index contributed by atoms with van der Waals surface area (Å²) in [5.41, 5.74) is 0.499. The lowest BCUT2D eigenvalue weighted by Crippen LogP contribution is -2.49. The lowest BCUT2D eigenvalue weighted by Gasteiger charge is -2.34. The highest BCUT2D eigenvalue weighted by atomic mass is 16.7. The fourth-order valence-corrected chi connectivity index (χ4v) is 3.24. The number of hydrogen-bond donors (Lipinski definition) is 0. The molecule has 27 heavy (non-hydrogen) atoms. The van der Waals surface area contributed by atoms with Crippen molar-refractivity contribution in [3.05, 3.63) is 59.8 Å². The van der Waals surface area contributed by atoms with E-state index in [2.05, 4.69) is 9.88 Å². The van der Waals surface area contributed by atoms with E-state index in [1.165, 1.54) is 0 Å². The van der Waals surface area contributed by atoms with Gasteiger partial charge >= 0.3 is 5.97 Å². The zero-order valence-electron chi connectivity index (χ0n) is 14.6. The fraction of sp³-hybridized carbons (Fsp3) is 0.263. The number of fused-ring (bicyclic) bond motifs is 1. The Bertz CT molecular complexity index is 843. The predicted molar refractivity (Wildman–Crippen MR) is 95.9 cm³/mol. The topological polar surface area (TPSA) is 83.1 Å². The SMILES string of the molecule is O=C(CN1CCN(c2ccccn2)CC1)ON1C(=O)c2ccccc2C1=O. The summed E-state index contributed by atoms with van der Waals surface area (Å²) in [4.78, 5) is 50.2. The maximum Gasteiger partial charge on any atom is 0.347 e. The van der Waals surface area contributed by atoms with Gasteiger partial charge < -0.3 is 9.74 Å². The Hall–Kier alpha value is -3.26. The van der Waals surface area contributed by atoms with E-state index in [0.29, 0.717) is 18.2 Å². The minimum Gasteiger partial charge on any atom is -0.354 e. The molecule has 1 saturated heterocycles. The average Bonchev–Trinajstić information content (AvgIpc) is 2.94. The molecule has 2 aromatic rings. The Morgan fingerprint density at radius 3 is 2.15 bits per heavy atom. The Morgan fingerprint density at radius 1 is 0.926 bits per heavy atom. The van der Waals surface area contributed by atoms with Gasteiger partial charge in [-0.2, -0.15) is 0 Å². The van der Waals surface area contributed by atoms with Crippen molar-refractivity contribution in [3.63, 3.8) is 0 Å². The van der Waals surface area contributed by atoms with E-state index in [1.54, 1.807) is 30.5 Å². The normalized spacial score (nSPS) is 17.2. The maximum absolute atomic E-state index is 12.2. The summed E-state index contributed by atoms with van der Waals surface area (Å²) >= 11 is 0.